The van der Waals surface area contributed by atoms with Crippen LogP contribution in [0.25, 0.3) is 156 Å². The summed E-state index contributed by atoms with van der Waals surface area (Å²) in [4.78, 5) is 19.7. The van der Waals surface area contributed by atoms with E-state index in [1.807, 2.05) is 97.6 Å². The highest BCUT2D eigenvalue weighted by Gasteiger charge is 2.27. The quantitative estimate of drug-likeness (QED) is 0.129. The van der Waals surface area contributed by atoms with Crippen molar-refractivity contribution in [1.29, 1.82) is 0 Å². The van der Waals surface area contributed by atoms with Crippen LogP contribution in [-0.4, -0.2) is 29.1 Å². The van der Waals surface area contributed by atoms with Crippen LogP contribution in [0.5, 0.6) is 0 Å². The van der Waals surface area contributed by atoms with E-state index >= 15 is 8.78 Å². The van der Waals surface area contributed by atoms with E-state index in [-0.39, 0.29) is 5.56 Å². The molecule has 0 aliphatic carbocycles. The second kappa shape index (κ2) is 22.0. The second-order valence-electron chi connectivity index (χ2n) is 22.6. The van der Waals surface area contributed by atoms with Crippen molar-refractivity contribution in [2.45, 2.75) is 6.92 Å². The summed E-state index contributed by atoms with van der Waals surface area (Å²) in [5.41, 5.74) is 21.2. The topological polar surface area (TPSA) is 61.4 Å². The lowest BCUT2D eigenvalue weighted by Gasteiger charge is -2.22. The fraction of sp³-hybridized carbons (Fsp3) is 0.0123. The van der Waals surface area contributed by atoms with Gasteiger partial charge in [0.25, 0.3) is 0 Å². The predicted molar refractivity (Wildman–Crippen MR) is 360 cm³/mol. The molecule has 0 aliphatic rings. The van der Waals surface area contributed by atoms with E-state index in [4.69, 9.17) is 19.9 Å². The number of aryl methyl sites for hydroxylation is 1. The molecule has 16 rings (SSSR count). The average Bonchev–Trinajstić information content (AvgIpc) is 1.74. The highest BCUT2D eigenvalue weighted by atomic mass is 19.1. The Balaban J connectivity index is 0.925. The number of aromatic nitrogens is 6. The lowest BCUT2D eigenvalue weighted by Crippen LogP contribution is -2.07. The van der Waals surface area contributed by atoms with Gasteiger partial charge in [-0.3, -0.25) is 19.9 Å². The number of hydrogen-bond acceptors (Lipinski definition) is 4. The Morgan fingerprint density at radius 1 is 0.247 bits per heavy atom. The number of fused-ring (bicyclic) bond motifs is 6. The maximum Gasteiger partial charge on any atom is 0.134 e. The molecule has 6 nitrogen and oxygen atoms in total. The van der Waals surface area contributed by atoms with Crippen molar-refractivity contribution in [1.82, 2.24) is 29.1 Å². The summed E-state index contributed by atoms with van der Waals surface area (Å²) < 4.78 is 39.1. The molecule has 0 aliphatic heterocycles. The highest BCUT2D eigenvalue weighted by Crippen LogP contribution is 2.47. The van der Waals surface area contributed by atoms with Crippen molar-refractivity contribution in [3.63, 3.8) is 0 Å². The fourth-order valence-corrected chi connectivity index (χ4v) is 12.8. The first-order valence-corrected chi connectivity index (χ1v) is 29.7. The number of rotatable bonds is 11. The first-order valence-electron chi connectivity index (χ1n) is 29.7. The smallest absolute Gasteiger partial charge is 0.134 e. The van der Waals surface area contributed by atoms with Crippen LogP contribution < -0.4 is 0 Å². The maximum atomic E-state index is 17.4. The van der Waals surface area contributed by atoms with E-state index in [1.165, 1.54) is 18.2 Å². The van der Waals surface area contributed by atoms with Crippen molar-refractivity contribution in [3.8, 4) is 112 Å². The lowest BCUT2D eigenvalue weighted by atomic mass is 9.97. The summed E-state index contributed by atoms with van der Waals surface area (Å²) in [5, 5.41) is 3.83. The zero-order chi connectivity index (χ0) is 59.5. The summed E-state index contributed by atoms with van der Waals surface area (Å²) in [6, 6.07) is 91.4. The van der Waals surface area contributed by atoms with Gasteiger partial charge in [0.2, 0.25) is 0 Å². The summed E-state index contributed by atoms with van der Waals surface area (Å²) in [5.74, 6) is -1.36. The third-order valence-electron chi connectivity index (χ3n) is 17.1. The zero-order valence-corrected chi connectivity index (χ0v) is 48.2. The number of halogens is 2. The van der Waals surface area contributed by atoms with Crippen molar-refractivity contribution < 1.29 is 8.78 Å². The third kappa shape index (κ3) is 9.51. The molecule has 89 heavy (non-hydrogen) atoms. The first kappa shape index (κ1) is 52.8. The van der Waals surface area contributed by atoms with E-state index in [0.29, 0.717) is 16.9 Å². The van der Waals surface area contributed by atoms with E-state index < -0.39 is 11.6 Å². The molecule has 0 unspecified atom stereocenters. The second-order valence-corrected chi connectivity index (χ2v) is 22.6. The molecule has 10 aromatic carbocycles. The average molecular weight is 1150 g/mol. The molecule has 0 radical (unpaired) electrons. The van der Waals surface area contributed by atoms with Gasteiger partial charge in [-0.25, -0.2) is 8.78 Å². The molecule has 8 heteroatoms. The normalized spacial score (nSPS) is 11.5. The molecule has 0 saturated carbocycles. The first-order chi connectivity index (χ1) is 43.8. The van der Waals surface area contributed by atoms with E-state index in [1.54, 1.807) is 0 Å². The molecule has 0 amide bonds. The molecule has 0 bridgehead atoms. The van der Waals surface area contributed by atoms with Crippen molar-refractivity contribution >= 4 is 43.6 Å². The minimum absolute atomic E-state index is 0.132. The molecular formula is C81H52F2N6. The summed E-state index contributed by atoms with van der Waals surface area (Å²) >= 11 is 0. The van der Waals surface area contributed by atoms with Crippen LogP contribution in [0, 0.1) is 18.6 Å². The van der Waals surface area contributed by atoms with Gasteiger partial charge in [-0.1, -0.05) is 176 Å². The van der Waals surface area contributed by atoms with Gasteiger partial charge in [0, 0.05) is 96.4 Å². The van der Waals surface area contributed by atoms with Crippen molar-refractivity contribution in [3.05, 3.63) is 315 Å². The van der Waals surface area contributed by atoms with E-state index in [9.17, 15) is 0 Å². The van der Waals surface area contributed by atoms with Gasteiger partial charge in [0.1, 0.15) is 11.6 Å². The van der Waals surface area contributed by atoms with E-state index in [2.05, 4.69) is 198 Å². The lowest BCUT2D eigenvalue weighted by molar-refractivity contribution is 0.589. The molecule has 16 aromatic rings. The Morgan fingerprint density at radius 3 is 0.775 bits per heavy atom. The Hall–Kier alpha value is -11.7. The van der Waals surface area contributed by atoms with Crippen LogP contribution in [0.3, 0.4) is 0 Å². The third-order valence-corrected chi connectivity index (χ3v) is 17.1. The molecule has 6 heterocycles. The number of nitrogens with zero attached hydrogens (tertiary/aromatic N) is 6. The fourth-order valence-electron chi connectivity index (χ4n) is 12.8. The molecule has 0 spiro atoms. The van der Waals surface area contributed by atoms with Gasteiger partial charge in [-0.15, -0.1) is 0 Å². The molecular weight excluding hydrogens is 1090 g/mol. The molecule has 0 N–H and O–H groups in total. The number of benzene rings is 10. The van der Waals surface area contributed by atoms with Crippen LogP contribution in [0.4, 0.5) is 8.78 Å². The Labute approximate surface area is 512 Å². The summed E-state index contributed by atoms with van der Waals surface area (Å²) in [6.07, 6.45) is 7.70. The van der Waals surface area contributed by atoms with Crippen molar-refractivity contribution in [2.24, 2.45) is 0 Å². The largest absolute Gasteiger partial charge is 0.309 e. The Bertz CT molecular complexity index is 4730. The van der Waals surface area contributed by atoms with Gasteiger partial charge in [-0.2, -0.15) is 0 Å². The molecule has 420 valence electrons. The monoisotopic (exact) mass is 1150 g/mol. The summed E-state index contributed by atoms with van der Waals surface area (Å²) in [6.45, 7) is 2.05. The van der Waals surface area contributed by atoms with Crippen LogP contribution in [0.2, 0.25) is 0 Å². The SMILES string of the molecule is Cc1cc(-n2c3ccc(-c4ccc(-c5ccccc5)nc4)cc3c3cc(-c4ccc(-c5ccccc5)nc4)ccc32)c(-c2c(F)cccc2F)c(-n2c3ccc(-c4ccc(-c5ccccc5)nc4)cc3c3cc(-c4ccc(-c5ccccc5)nc4)ccc32)c1. The summed E-state index contributed by atoms with van der Waals surface area (Å²) in [7, 11) is 0. The predicted octanol–water partition coefficient (Wildman–Crippen LogP) is 21.1. The number of hydrogen-bond donors (Lipinski definition) is 0. The van der Waals surface area contributed by atoms with Gasteiger partial charge in [-0.05, 0) is 132 Å². The minimum Gasteiger partial charge on any atom is -0.309 e. The maximum absolute atomic E-state index is 17.4. The van der Waals surface area contributed by atoms with Crippen molar-refractivity contribution in [2.75, 3.05) is 0 Å². The van der Waals surface area contributed by atoms with Gasteiger partial charge >= 0.3 is 0 Å². The van der Waals surface area contributed by atoms with Crippen LogP contribution in [0.15, 0.2) is 298 Å². The van der Waals surface area contributed by atoms with Crippen LogP contribution >= 0.6 is 0 Å². The zero-order valence-electron chi connectivity index (χ0n) is 48.2. The van der Waals surface area contributed by atoms with Crippen LogP contribution in [0.1, 0.15) is 5.56 Å². The van der Waals surface area contributed by atoms with Gasteiger partial charge in [0.05, 0.1) is 61.8 Å². The minimum atomic E-state index is -0.678. The standard InChI is InChI=1S/C81H52F2N6/c1-51-41-78(88-74-37-29-56(60-25-33-70(84-47-60)52-15-6-2-7-16-52)43-64(74)65-44-57(30-38-75(65)88)61-26-34-71(85-48-61)53-17-8-3-9-18-53)81(80-68(82)23-14-24-69(80)83)79(42-51)89-76-39-31-58(62-27-35-72(86-49-62)54-19-10-4-11-20-54)45-66(76)67-46-59(32-40-77(67)89)63-28-36-73(87-50-63)55-21-12-5-13-22-55/h2-50H,1H3. The number of pyridine rings is 4. The van der Waals surface area contributed by atoms with Gasteiger partial charge in [0.15, 0.2) is 0 Å². The van der Waals surface area contributed by atoms with Gasteiger partial charge < -0.3 is 9.13 Å². The molecule has 0 atom stereocenters. The molecule has 0 fully saturated rings. The Kier molecular flexibility index (Phi) is 13.0. The Morgan fingerprint density at radius 2 is 0.517 bits per heavy atom. The highest BCUT2D eigenvalue weighted by molar-refractivity contribution is 6.14. The van der Waals surface area contributed by atoms with Crippen LogP contribution in [-0.2, 0) is 0 Å². The van der Waals surface area contributed by atoms with E-state index in [0.717, 1.165) is 139 Å². The molecule has 0 saturated heterocycles. The molecule has 6 aromatic heterocycles.